The quantitative estimate of drug-likeness (QED) is 0.886. The zero-order chi connectivity index (χ0) is 12.1. The Labute approximate surface area is 107 Å². The molecule has 0 bridgehead atoms. The molecule has 0 spiro atoms. The van der Waals surface area contributed by atoms with E-state index in [0.29, 0.717) is 6.54 Å². The highest BCUT2D eigenvalue weighted by Gasteiger charge is 2.18. The minimum absolute atomic E-state index is 0.203. The average Bonchev–Trinajstić information content (AvgIpc) is 2.38. The van der Waals surface area contributed by atoms with E-state index in [1.165, 1.54) is 5.56 Å². The number of benzene rings is 1. The highest BCUT2D eigenvalue weighted by atomic mass is 35.5. The van der Waals surface area contributed by atoms with Crippen molar-refractivity contribution in [1.29, 1.82) is 0 Å². The van der Waals surface area contributed by atoms with E-state index in [2.05, 4.69) is 17.0 Å². The Hall–Kier alpha value is -0.610. The monoisotopic (exact) mass is 254 g/mol. The van der Waals surface area contributed by atoms with E-state index in [-0.39, 0.29) is 6.10 Å². The summed E-state index contributed by atoms with van der Waals surface area (Å²) in [6.45, 7) is 4.41. The Morgan fingerprint density at radius 3 is 2.82 bits per heavy atom. The number of nitrogens with two attached hydrogens (primary N) is 1. The summed E-state index contributed by atoms with van der Waals surface area (Å²) in [7, 11) is 0. The third-order valence-corrected chi connectivity index (χ3v) is 3.37. The molecule has 17 heavy (non-hydrogen) atoms. The molecule has 1 heterocycles. The van der Waals surface area contributed by atoms with Crippen LogP contribution in [-0.2, 0) is 11.2 Å². The summed E-state index contributed by atoms with van der Waals surface area (Å²) in [5, 5.41) is 0.795. The molecule has 0 aliphatic carbocycles. The molecular formula is C13H19ClN2O. The summed E-state index contributed by atoms with van der Waals surface area (Å²) in [6.07, 6.45) is 1.25. The van der Waals surface area contributed by atoms with Gasteiger partial charge in [0, 0.05) is 31.2 Å². The zero-order valence-electron chi connectivity index (χ0n) is 9.94. The Kier molecular flexibility index (Phi) is 4.80. The predicted octanol–water partition coefficient (Wildman–Crippen LogP) is 1.54. The van der Waals surface area contributed by atoms with Crippen LogP contribution >= 0.6 is 11.6 Å². The van der Waals surface area contributed by atoms with Crippen LogP contribution in [0.5, 0.6) is 0 Å². The Morgan fingerprint density at radius 1 is 1.35 bits per heavy atom. The number of halogens is 1. The lowest BCUT2D eigenvalue weighted by Gasteiger charge is -2.32. The van der Waals surface area contributed by atoms with E-state index in [9.17, 15) is 0 Å². The second-order valence-corrected chi connectivity index (χ2v) is 4.84. The van der Waals surface area contributed by atoms with Crippen molar-refractivity contribution in [3.63, 3.8) is 0 Å². The SMILES string of the molecule is NCC1CN(CCc2ccc(Cl)cc2)CCO1. The first kappa shape index (κ1) is 12.8. The first-order chi connectivity index (χ1) is 8.28. The van der Waals surface area contributed by atoms with Gasteiger partial charge < -0.3 is 10.5 Å². The lowest BCUT2D eigenvalue weighted by molar-refractivity contribution is -0.0226. The van der Waals surface area contributed by atoms with Crippen molar-refractivity contribution < 1.29 is 4.74 Å². The molecule has 94 valence electrons. The molecule has 3 nitrogen and oxygen atoms in total. The van der Waals surface area contributed by atoms with Crippen molar-refractivity contribution in [3.8, 4) is 0 Å². The average molecular weight is 255 g/mol. The van der Waals surface area contributed by atoms with Crippen molar-refractivity contribution in [3.05, 3.63) is 34.9 Å². The molecule has 1 unspecified atom stereocenters. The first-order valence-corrected chi connectivity index (χ1v) is 6.44. The van der Waals surface area contributed by atoms with Crippen molar-refractivity contribution in [2.24, 2.45) is 5.73 Å². The molecule has 0 amide bonds. The largest absolute Gasteiger partial charge is 0.374 e. The third kappa shape index (κ3) is 3.96. The lowest BCUT2D eigenvalue weighted by atomic mass is 10.1. The van der Waals surface area contributed by atoms with E-state index in [1.54, 1.807) is 0 Å². The van der Waals surface area contributed by atoms with Gasteiger partial charge in [0.25, 0.3) is 0 Å². The maximum absolute atomic E-state index is 5.86. The van der Waals surface area contributed by atoms with Gasteiger partial charge in [0.2, 0.25) is 0 Å². The van der Waals surface area contributed by atoms with Gasteiger partial charge in [-0.3, -0.25) is 4.90 Å². The standard InChI is InChI=1S/C13H19ClN2O/c14-12-3-1-11(2-4-12)5-6-16-7-8-17-13(9-15)10-16/h1-4,13H,5-10,15H2. The van der Waals surface area contributed by atoms with Crippen LogP contribution in [0.3, 0.4) is 0 Å². The number of nitrogens with zero attached hydrogens (tertiary/aromatic N) is 1. The second kappa shape index (κ2) is 6.36. The molecule has 1 aromatic rings. The second-order valence-electron chi connectivity index (χ2n) is 4.41. The minimum Gasteiger partial charge on any atom is -0.374 e. The molecule has 1 aliphatic rings. The number of ether oxygens (including phenoxy) is 1. The predicted molar refractivity (Wildman–Crippen MR) is 70.4 cm³/mol. The van der Waals surface area contributed by atoms with E-state index in [1.807, 2.05) is 12.1 Å². The maximum atomic E-state index is 5.86. The Balaban J connectivity index is 1.79. The molecule has 2 N–H and O–H groups in total. The van der Waals surface area contributed by atoms with Crippen LogP contribution in [0.25, 0.3) is 0 Å². The highest BCUT2D eigenvalue weighted by Crippen LogP contribution is 2.11. The van der Waals surface area contributed by atoms with Crippen LogP contribution in [0.15, 0.2) is 24.3 Å². The topological polar surface area (TPSA) is 38.5 Å². The van der Waals surface area contributed by atoms with Crippen LogP contribution in [-0.4, -0.2) is 43.8 Å². The Bertz CT molecular complexity index is 342. The van der Waals surface area contributed by atoms with E-state index < -0.39 is 0 Å². The molecule has 0 aromatic heterocycles. The van der Waals surface area contributed by atoms with Crippen molar-refractivity contribution in [1.82, 2.24) is 4.90 Å². The van der Waals surface area contributed by atoms with E-state index >= 15 is 0 Å². The number of rotatable bonds is 4. The van der Waals surface area contributed by atoms with E-state index in [4.69, 9.17) is 22.1 Å². The van der Waals surface area contributed by atoms with Gasteiger partial charge in [0.1, 0.15) is 0 Å². The third-order valence-electron chi connectivity index (χ3n) is 3.12. The first-order valence-electron chi connectivity index (χ1n) is 6.06. The number of morpholine rings is 1. The van der Waals surface area contributed by atoms with Gasteiger partial charge in [-0.1, -0.05) is 23.7 Å². The molecular weight excluding hydrogens is 236 g/mol. The van der Waals surface area contributed by atoms with Gasteiger partial charge in [-0.05, 0) is 24.1 Å². The molecule has 1 aromatic carbocycles. The van der Waals surface area contributed by atoms with Gasteiger partial charge >= 0.3 is 0 Å². The highest BCUT2D eigenvalue weighted by molar-refractivity contribution is 6.30. The van der Waals surface area contributed by atoms with Gasteiger partial charge in [0.05, 0.1) is 12.7 Å². The molecule has 4 heteroatoms. The number of hydrogen-bond donors (Lipinski definition) is 1. The molecule has 1 atom stereocenters. The lowest BCUT2D eigenvalue weighted by Crippen LogP contribution is -2.46. The van der Waals surface area contributed by atoms with Gasteiger partial charge in [-0.2, -0.15) is 0 Å². The fraction of sp³-hybridized carbons (Fsp3) is 0.538. The molecule has 2 rings (SSSR count). The van der Waals surface area contributed by atoms with Crippen LogP contribution in [0.4, 0.5) is 0 Å². The van der Waals surface area contributed by atoms with Crippen molar-refractivity contribution >= 4 is 11.6 Å². The van der Waals surface area contributed by atoms with Gasteiger partial charge in [-0.15, -0.1) is 0 Å². The van der Waals surface area contributed by atoms with E-state index in [0.717, 1.165) is 37.7 Å². The molecule has 1 saturated heterocycles. The summed E-state index contributed by atoms with van der Waals surface area (Å²) < 4.78 is 5.54. The van der Waals surface area contributed by atoms with Crippen LogP contribution < -0.4 is 5.73 Å². The van der Waals surface area contributed by atoms with Gasteiger partial charge in [0.15, 0.2) is 0 Å². The smallest absolute Gasteiger partial charge is 0.0824 e. The summed E-state index contributed by atoms with van der Waals surface area (Å²) in [6, 6.07) is 8.06. The van der Waals surface area contributed by atoms with Crippen LogP contribution in [0, 0.1) is 0 Å². The van der Waals surface area contributed by atoms with Crippen LogP contribution in [0.1, 0.15) is 5.56 Å². The molecule has 1 aliphatic heterocycles. The maximum Gasteiger partial charge on any atom is 0.0824 e. The summed E-state index contributed by atoms with van der Waals surface area (Å²) in [4.78, 5) is 2.41. The normalized spacial score (nSPS) is 21.6. The Morgan fingerprint density at radius 2 is 2.12 bits per heavy atom. The molecule has 0 radical (unpaired) electrons. The zero-order valence-corrected chi connectivity index (χ0v) is 10.7. The molecule has 0 saturated carbocycles. The summed E-state index contributed by atoms with van der Waals surface area (Å²) >= 11 is 5.86. The minimum atomic E-state index is 0.203. The fourth-order valence-electron chi connectivity index (χ4n) is 2.06. The summed E-state index contributed by atoms with van der Waals surface area (Å²) in [5.74, 6) is 0. The summed E-state index contributed by atoms with van der Waals surface area (Å²) in [5.41, 5.74) is 6.95. The number of hydrogen-bond acceptors (Lipinski definition) is 3. The van der Waals surface area contributed by atoms with Crippen molar-refractivity contribution in [2.45, 2.75) is 12.5 Å². The molecule has 1 fully saturated rings. The fourth-order valence-corrected chi connectivity index (χ4v) is 2.19. The van der Waals surface area contributed by atoms with Gasteiger partial charge in [-0.25, -0.2) is 0 Å². The van der Waals surface area contributed by atoms with Crippen molar-refractivity contribution in [2.75, 3.05) is 32.8 Å². The van der Waals surface area contributed by atoms with Crippen LogP contribution in [0.2, 0.25) is 5.02 Å².